The van der Waals surface area contributed by atoms with Crippen molar-refractivity contribution in [2.45, 2.75) is 25.4 Å². The zero-order valence-electron chi connectivity index (χ0n) is 7.42. The molecule has 0 amide bonds. The summed E-state index contributed by atoms with van der Waals surface area (Å²) in [5, 5.41) is 7.64. The monoisotopic (exact) mass is 196 g/mol. The molecule has 2 atom stereocenters. The van der Waals surface area contributed by atoms with Crippen molar-refractivity contribution in [3.63, 3.8) is 0 Å². The van der Waals surface area contributed by atoms with E-state index in [2.05, 4.69) is 15.4 Å². The van der Waals surface area contributed by atoms with E-state index in [1.807, 2.05) is 18.4 Å². The second-order valence-electron chi connectivity index (χ2n) is 2.95. The molecule has 70 valence electrons. The van der Waals surface area contributed by atoms with E-state index in [1.165, 1.54) is 5.56 Å². The molecule has 4 nitrogen and oxygen atoms in total. The van der Waals surface area contributed by atoms with Crippen molar-refractivity contribution >= 4 is 11.3 Å². The zero-order valence-corrected chi connectivity index (χ0v) is 8.24. The zero-order chi connectivity index (χ0) is 9.68. The minimum atomic E-state index is -0.148. The van der Waals surface area contributed by atoms with E-state index >= 15 is 0 Å². The molecule has 0 saturated carbocycles. The lowest BCUT2D eigenvalue weighted by atomic mass is 10.0. The molecule has 1 aromatic rings. The lowest BCUT2D eigenvalue weighted by molar-refractivity contribution is 0.556. The smallest absolute Gasteiger partial charge is 0.0500 e. The lowest BCUT2D eigenvalue weighted by Crippen LogP contribution is -2.32. The van der Waals surface area contributed by atoms with Gasteiger partial charge in [0.15, 0.2) is 0 Å². The second kappa shape index (κ2) is 4.87. The van der Waals surface area contributed by atoms with Gasteiger partial charge in [-0.1, -0.05) is 12.0 Å². The number of nitrogens with zero attached hydrogens (tertiary/aromatic N) is 3. The molecule has 0 saturated heterocycles. The summed E-state index contributed by atoms with van der Waals surface area (Å²) < 4.78 is 0. The average molecular weight is 196 g/mol. The van der Waals surface area contributed by atoms with Gasteiger partial charge >= 0.3 is 0 Å². The van der Waals surface area contributed by atoms with Crippen molar-refractivity contribution in [2.24, 2.45) is 10.8 Å². The van der Waals surface area contributed by atoms with E-state index < -0.39 is 0 Å². The third-order valence-corrected chi connectivity index (χ3v) is 2.64. The first-order valence-corrected chi connectivity index (χ1v) is 4.99. The van der Waals surface area contributed by atoms with Crippen LogP contribution in [0.25, 0.3) is 10.4 Å². The summed E-state index contributed by atoms with van der Waals surface area (Å²) in [4.78, 5) is 2.73. The van der Waals surface area contributed by atoms with Crippen molar-refractivity contribution in [1.82, 2.24) is 0 Å². The second-order valence-corrected chi connectivity index (χ2v) is 3.73. The van der Waals surface area contributed by atoms with Gasteiger partial charge in [-0.15, -0.1) is 0 Å². The van der Waals surface area contributed by atoms with Gasteiger partial charge in [0, 0.05) is 17.0 Å². The van der Waals surface area contributed by atoms with Gasteiger partial charge in [0.05, 0.1) is 0 Å². The molecule has 0 bridgehead atoms. The summed E-state index contributed by atoms with van der Waals surface area (Å²) in [6.07, 6.45) is 0.768. The lowest BCUT2D eigenvalue weighted by Gasteiger charge is -2.13. The standard InChI is InChI=1S/C8H12N4S/c1-6(11-12-10)8(9)4-7-2-3-13-5-7/h2-3,5-6,8H,4,9H2,1H3/t6-,8+/m0/s1. The SMILES string of the molecule is C[C@H](N=[N+]=[N-])[C@H](N)Cc1ccsc1. The Morgan fingerprint density at radius 2 is 2.54 bits per heavy atom. The van der Waals surface area contributed by atoms with Gasteiger partial charge in [0.1, 0.15) is 0 Å². The van der Waals surface area contributed by atoms with Crippen molar-refractivity contribution in [3.8, 4) is 0 Å². The van der Waals surface area contributed by atoms with Crippen LogP contribution in [-0.2, 0) is 6.42 Å². The van der Waals surface area contributed by atoms with Gasteiger partial charge in [0.25, 0.3) is 0 Å². The molecule has 0 fully saturated rings. The van der Waals surface area contributed by atoms with Crippen molar-refractivity contribution in [2.75, 3.05) is 0 Å². The third-order valence-electron chi connectivity index (χ3n) is 1.90. The number of nitrogens with two attached hydrogens (primary N) is 1. The van der Waals surface area contributed by atoms with Gasteiger partial charge in [0.2, 0.25) is 0 Å². The Kier molecular flexibility index (Phi) is 3.76. The molecule has 5 heteroatoms. The van der Waals surface area contributed by atoms with E-state index in [9.17, 15) is 0 Å². The van der Waals surface area contributed by atoms with Crippen LogP contribution in [0.15, 0.2) is 21.9 Å². The maximum absolute atomic E-state index is 8.22. The molecule has 1 heterocycles. The largest absolute Gasteiger partial charge is 0.327 e. The van der Waals surface area contributed by atoms with Gasteiger partial charge in [-0.05, 0) is 34.3 Å². The Morgan fingerprint density at radius 3 is 3.08 bits per heavy atom. The van der Waals surface area contributed by atoms with E-state index in [0.29, 0.717) is 0 Å². The van der Waals surface area contributed by atoms with Gasteiger partial charge in [-0.3, -0.25) is 0 Å². The van der Waals surface area contributed by atoms with Gasteiger partial charge < -0.3 is 5.73 Å². The van der Waals surface area contributed by atoms with Crippen LogP contribution in [-0.4, -0.2) is 12.1 Å². The molecule has 0 aliphatic heterocycles. The molecule has 1 aromatic heterocycles. The topological polar surface area (TPSA) is 74.8 Å². The fraction of sp³-hybridized carbons (Fsp3) is 0.500. The van der Waals surface area contributed by atoms with Crippen molar-refractivity contribution in [3.05, 3.63) is 32.8 Å². The highest BCUT2D eigenvalue weighted by Gasteiger charge is 2.11. The maximum atomic E-state index is 8.22. The number of hydrogen-bond donors (Lipinski definition) is 1. The Bertz CT molecular complexity index is 289. The highest BCUT2D eigenvalue weighted by Crippen LogP contribution is 2.10. The highest BCUT2D eigenvalue weighted by molar-refractivity contribution is 7.07. The summed E-state index contributed by atoms with van der Waals surface area (Å²) in [7, 11) is 0. The van der Waals surface area contributed by atoms with Crippen LogP contribution in [0.2, 0.25) is 0 Å². The summed E-state index contributed by atoms with van der Waals surface area (Å²) in [6.45, 7) is 1.83. The Balaban J connectivity index is 2.50. The molecule has 0 radical (unpaired) electrons. The van der Waals surface area contributed by atoms with Crippen molar-refractivity contribution in [1.29, 1.82) is 0 Å². The molecule has 2 N–H and O–H groups in total. The van der Waals surface area contributed by atoms with Crippen LogP contribution >= 0.6 is 11.3 Å². The molecule has 0 aromatic carbocycles. The van der Waals surface area contributed by atoms with Crippen LogP contribution in [0.4, 0.5) is 0 Å². The fourth-order valence-corrected chi connectivity index (χ4v) is 1.70. The normalized spacial score (nSPS) is 14.6. The molecule has 0 aliphatic carbocycles. The highest BCUT2D eigenvalue weighted by atomic mass is 32.1. The average Bonchev–Trinajstić information content (AvgIpc) is 2.57. The van der Waals surface area contributed by atoms with E-state index in [-0.39, 0.29) is 12.1 Å². The summed E-state index contributed by atoms with van der Waals surface area (Å²) in [5.41, 5.74) is 15.3. The number of hydrogen-bond acceptors (Lipinski definition) is 3. The van der Waals surface area contributed by atoms with Gasteiger partial charge in [-0.2, -0.15) is 11.3 Å². The summed E-state index contributed by atoms with van der Waals surface area (Å²) >= 11 is 1.65. The minimum Gasteiger partial charge on any atom is -0.327 e. The van der Waals surface area contributed by atoms with Crippen LogP contribution in [0, 0.1) is 0 Å². The molecule has 0 spiro atoms. The number of azide groups is 1. The van der Waals surface area contributed by atoms with Crippen LogP contribution in [0.1, 0.15) is 12.5 Å². The third kappa shape index (κ3) is 3.06. The number of thiophene rings is 1. The van der Waals surface area contributed by atoms with E-state index in [1.54, 1.807) is 11.3 Å². The number of rotatable bonds is 4. The predicted octanol–water partition coefficient (Wildman–Crippen LogP) is 2.32. The van der Waals surface area contributed by atoms with Crippen molar-refractivity contribution < 1.29 is 0 Å². The minimum absolute atomic E-state index is 0.0921. The van der Waals surface area contributed by atoms with Crippen LogP contribution in [0.5, 0.6) is 0 Å². The van der Waals surface area contributed by atoms with E-state index in [0.717, 1.165) is 6.42 Å². The van der Waals surface area contributed by atoms with Crippen LogP contribution in [0.3, 0.4) is 0 Å². The fourth-order valence-electron chi connectivity index (χ4n) is 1.02. The summed E-state index contributed by atoms with van der Waals surface area (Å²) in [5.74, 6) is 0. The Labute approximate surface area is 81.0 Å². The molecule has 0 unspecified atom stereocenters. The molecular weight excluding hydrogens is 184 g/mol. The maximum Gasteiger partial charge on any atom is 0.0500 e. The molecule has 13 heavy (non-hydrogen) atoms. The first-order valence-electron chi connectivity index (χ1n) is 4.05. The molecule has 0 aliphatic rings. The Morgan fingerprint density at radius 1 is 1.77 bits per heavy atom. The summed E-state index contributed by atoms with van der Waals surface area (Å²) in [6, 6.07) is 1.79. The molecular formula is C8H12N4S. The molecule has 1 rings (SSSR count). The Hall–Kier alpha value is -1.03. The first kappa shape index (κ1) is 10.1. The quantitative estimate of drug-likeness (QED) is 0.448. The van der Waals surface area contributed by atoms with Crippen LogP contribution < -0.4 is 5.73 Å². The van der Waals surface area contributed by atoms with E-state index in [4.69, 9.17) is 11.3 Å². The first-order chi connectivity index (χ1) is 6.24. The predicted molar refractivity (Wildman–Crippen MR) is 54.6 cm³/mol. The van der Waals surface area contributed by atoms with Gasteiger partial charge in [-0.25, -0.2) is 0 Å².